The fourth-order valence-electron chi connectivity index (χ4n) is 1.69. The number of nitrogens with one attached hydrogen (secondary N) is 1. The summed E-state index contributed by atoms with van der Waals surface area (Å²) in [6, 6.07) is 9.47. The fraction of sp³-hybridized carbons (Fsp3) is 0.462. The van der Waals surface area contributed by atoms with E-state index in [0.29, 0.717) is 6.42 Å². The van der Waals surface area contributed by atoms with Gasteiger partial charge >= 0.3 is 0 Å². The van der Waals surface area contributed by atoms with E-state index in [1.807, 2.05) is 37.3 Å². The first-order valence-corrected chi connectivity index (χ1v) is 8.43. The molecule has 0 heterocycles. The summed E-state index contributed by atoms with van der Waals surface area (Å²) in [7, 11) is -2.07. The first-order chi connectivity index (χ1) is 9.35. The van der Waals surface area contributed by atoms with Crippen LogP contribution in [0, 0.1) is 11.3 Å². The van der Waals surface area contributed by atoms with Gasteiger partial charge < -0.3 is 0 Å². The highest BCUT2D eigenvalue weighted by molar-refractivity contribution is 9.10. The maximum Gasteiger partial charge on any atom is 0.279 e. The monoisotopic (exact) mass is 359 g/mol. The third-order valence-corrected chi connectivity index (χ3v) is 4.99. The van der Waals surface area contributed by atoms with Crippen molar-refractivity contribution in [2.45, 2.75) is 25.8 Å². The van der Waals surface area contributed by atoms with E-state index in [1.165, 1.54) is 7.05 Å². The maximum absolute atomic E-state index is 12.0. The van der Waals surface area contributed by atoms with Gasteiger partial charge in [-0.2, -0.15) is 22.7 Å². The SMILES string of the molecule is C[C@H](Cc1ccc(Br)cc1)NS(=O)(=O)N(C)CCC#N. The predicted octanol–water partition coefficient (Wildman–Crippen LogP) is 2.06. The smallest absolute Gasteiger partial charge is 0.199 e. The second kappa shape index (κ2) is 7.74. The Morgan fingerprint density at radius 1 is 1.40 bits per heavy atom. The van der Waals surface area contributed by atoms with Crippen molar-refractivity contribution >= 4 is 26.1 Å². The minimum absolute atomic E-state index is 0.179. The van der Waals surface area contributed by atoms with Crippen molar-refractivity contribution in [1.29, 1.82) is 5.26 Å². The molecule has 0 saturated carbocycles. The molecular weight excluding hydrogens is 342 g/mol. The van der Waals surface area contributed by atoms with E-state index in [4.69, 9.17) is 5.26 Å². The molecule has 0 bridgehead atoms. The van der Waals surface area contributed by atoms with Crippen molar-refractivity contribution in [3.63, 3.8) is 0 Å². The van der Waals surface area contributed by atoms with Gasteiger partial charge in [0.1, 0.15) is 0 Å². The molecule has 0 unspecified atom stereocenters. The molecule has 0 aliphatic carbocycles. The van der Waals surface area contributed by atoms with Crippen LogP contribution in [0.15, 0.2) is 28.7 Å². The highest BCUT2D eigenvalue weighted by atomic mass is 79.9. The Labute approximate surface area is 128 Å². The fourth-order valence-corrected chi connectivity index (χ4v) is 3.06. The molecule has 0 spiro atoms. The average molecular weight is 360 g/mol. The van der Waals surface area contributed by atoms with Crippen molar-refractivity contribution in [2.75, 3.05) is 13.6 Å². The lowest BCUT2D eigenvalue weighted by molar-refractivity contribution is 0.454. The van der Waals surface area contributed by atoms with Crippen molar-refractivity contribution in [3.05, 3.63) is 34.3 Å². The molecule has 5 nitrogen and oxygen atoms in total. The summed E-state index contributed by atoms with van der Waals surface area (Å²) in [5.41, 5.74) is 1.06. The van der Waals surface area contributed by atoms with Gasteiger partial charge in [-0.3, -0.25) is 0 Å². The predicted molar refractivity (Wildman–Crippen MR) is 82.2 cm³/mol. The summed E-state index contributed by atoms with van der Waals surface area (Å²) < 4.78 is 28.7. The molecule has 0 aliphatic rings. The van der Waals surface area contributed by atoms with E-state index in [1.54, 1.807) is 0 Å². The van der Waals surface area contributed by atoms with Crippen molar-refractivity contribution in [1.82, 2.24) is 9.03 Å². The van der Waals surface area contributed by atoms with E-state index in [0.717, 1.165) is 14.3 Å². The zero-order chi connectivity index (χ0) is 15.2. The Morgan fingerprint density at radius 2 is 2.00 bits per heavy atom. The van der Waals surface area contributed by atoms with Gasteiger partial charge in [0.15, 0.2) is 0 Å². The Morgan fingerprint density at radius 3 is 2.55 bits per heavy atom. The van der Waals surface area contributed by atoms with Crippen molar-refractivity contribution in [3.8, 4) is 6.07 Å². The highest BCUT2D eigenvalue weighted by Crippen LogP contribution is 2.12. The summed E-state index contributed by atoms with van der Waals surface area (Å²) in [4.78, 5) is 0. The van der Waals surface area contributed by atoms with Gasteiger partial charge in [-0.05, 0) is 31.0 Å². The van der Waals surface area contributed by atoms with E-state index in [-0.39, 0.29) is 19.0 Å². The molecule has 1 atom stereocenters. The highest BCUT2D eigenvalue weighted by Gasteiger charge is 2.19. The summed E-state index contributed by atoms with van der Waals surface area (Å²) in [5, 5.41) is 8.48. The molecule has 0 aliphatic heterocycles. The number of rotatable bonds is 7. The van der Waals surface area contributed by atoms with E-state index in [9.17, 15) is 8.42 Å². The number of hydrogen-bond acceptors (Lipinski definition) is 3. The first-order valence-electron chi connectivity index (χ1n) is 6.20. The van der Waals surface area contributed by atoms with Gasteiger partial charge in [0, 0.05) is 30.5 Å². The quantitative estimate of drug-likeness (QED) is 0.809. The van der Waals surface area contributed by atoms with Gasteiger partial charge in [-0.1, -0.05) is 28.1 Å². The summed E-state index contributed by atoms with van der Waals surface area (Å²) in [6.45, 7) is 2.01. The zero-order valence-electron chi connectivity index (χ0n) is 11.5. The Bertz CT molecular complexity index is 566. The lowest BCUT2D eigenvalue weighted by atomic mass is 10.1. The average Bonchev–Trinajstić information content (AvgIpc) is 2.37. The van der Waals surface area contributed by atoms with Gasteiger partial charge in [0.05, 0.1) is 6.07 Å². The molecule has 20 heavy (non-hydrogen) atoms. The molecule has 0 amide bonds. The van der Waals surface area contributed by atoms with Crippen molar-refractivity contribution in [2.24, 2.45) is 0 Å². The van der Waals surface area contributed by atoms with E-state index in [2.05, 4.69) is 20.7 Å². The van der Waals surface area contributed by atoms with Crippen LogP contribution in [0.5, 0.6) is 0 Å². The zero-order valence-corrected chi connectivity index (χ0v) is 13.9. The van der Waals surface area contributed by atoms with Crippen LogP contribution >= 0.6 is 15.9 Å². The third kappa shape index (κ3) is 5.59. The van der Waals surface area contributed by atoms with Crippen LogP contribution in [-0.4, -0.2) is 32.4 Å². The summed E-state index contributed by atoms with van der Waals surface area (Å²) >= 11 is 3.36. The van der Waals surface area contributed by atoms with Crippen LogP contribution in [0.1, 0.15) is 18.9 Å². The summed E-state index contributed by atoms with van der Waals surface area (Å²) in [6.07, 6.45) is 0.789. The third-order valence-electron chi connectivity index (χ3n) is 2.75. The maximum atomic E-state index is 12.0. The van der Waals surface area contributed by atoms with Crippen LogP contribution in [0.4, 0.5) is 0 Å². The van der Waals surface area contributed by atoms with Crippen LogP contribution < -0.4 is 4.72 Å². The van der Waals surface area contributed by atoms with Gasteiger partial charge in [0.25, 0.3) is 10.2 Å². The Kier molecular flexibility index (Phi) is 6.62. The topological polar surface area (TPSA) is 73.2 Å². The lowest BCUT2D eigenvalue weighted by Crippen LogP contribution is -2.43. The Hall–Kier alpha value is -0.940. The van der Waals surface area contributed by atoms with E-state index < -0.39 is 10.2 Å². The van der Waals surface area contributed by atoms with Crippen LogP contribution in [-0.2, 0) is 16.6 Å². The molecule has 0 aromatic heterocycles. The van der Waals surface area contributed by atoms with Crippen LogP contribution in [0.3, 0.4) is 0 Å². The summed E-state index contributed by atoms with van der Waals surface area (Å²) in [5.74, 6) is 0. The number of nitriles is 1. The van der Waals surface area contributed by atoms with Gasteiger partial charge in [-0.25, -0.2) is 0 Å². The minimum Gasteiger partial charge on any atom is -0.199 e. The minimum atomic E-state index is -3.54. The second-order valence-corrected chi connectivity index (χ2v) is 7.31. The van der Waals surface area contributed by atoms with E-state index >= 15 is 0 Å². The largest absolute Gasteiger partial charge is 0.279 e. The molecule has 1 N–H and O–H groups in total. The second-order valence-electron chi connectivity index (χ2n) is 4.58. The molecule has 0 saturated heterocycles. The number of nitrogens with zero attached hydrogens (tertiary/aromatic N) is 2. The molecule has 0 fully saturated rings. The molecule has 1 aromatic carbocycles. The van der Waals surface area contributed by atoms with Gasteiger partial charge in [0.2, 0.25) is 0 Å². The first kappa shape index (κ1) is 17.1. The van der Waals surface area contributed by atoms with Gasteiger partial charge in [-0.15, -0.1) is 0 Å². The number of halogens is 1. The standard InChI is InChI=1S/C13H18BrN3O2S/c1-11(10-12-4-6-13(14)7-5-12)16-20(18,19)17(2)9-3-8-15/h4-7,11,16H,3,9-10H2,1-2H3/t11-/m1/s1. The Balaban J connectivity index is 2.58. The normalized spacial score (nSPS) is 13.2. The molecule has 7 heteroatoms. The van der Waals surface area contributed by atoms with Crippen molar-refractivity contribution < 1.29 is 8.42 Å². The number of hydrogen-bond donors (Lipinski definition) is 1. The van der Waals surface area contributed by atoms with Crippen LogP contribution in [0.2, 0.25) is 0 Å². The molecule has 110 valence electrons. The molecule has 0 radical (unpaired) electrons. The number of benzene rings is 1. The van der Waals surface area contributed by atoms with Crippen LogP contribution in [0.25, 0.3) is 0 Å². The molecule has 1 aromatic rings. The molecule has 1 rings (SSSR count). The lowest BCUT2D eigenvalue weighted by Gasteiger charge is -2.20. The molecular formula is C13H18BrN3O2S.